The lowest BCUT2D eigenvalue weighted by Crippen LogP contribution is -2.32. The highest BCUT2D eigenvalue weighted by Gasteiger charge is 2.15. The molecule has 1 aliphatic carbocycles. The molecule has 0 spiro atoms. The van der Waals surface area contributed by atoms with E-state index >= 15 is 0 Å². The van der Waals surface area contributed by atoms with E-state index in [9.17, 15) is 13.6 Å². The molecule has 0 saturated heterocycles. The highest BCUT2D eigenvalue weighted by atomic mass is 19.3. The van der Waals surface area contributed by atoms with Crippen LogP contribution < -0.4 is 15.4 Å². The second-order valence-electron chi connectivity index (χ2n) is 6.75. The maximum atomic E-state index is 12.4. The number of nitrogens with one attached hydrogen (secondary N) is 2. The minimum atomic E-state index is -2.91. The third kappa shape index (κ3) is 5.18. The van der Waals surface area contributed by atoms with Crippen LogP contribution in [-0.2, 0) is 17.6 Å². The van der Waals surface area contributed by atoms with E-state index in [4.69, 9.17) is 0 Å². The van der Waals surface area contributed by atoms with Gasteiger partial charge in [-0.3, -0.25) is 4.79 Å². The fourth-order valence-electron chi connectivity index (χ4n) is 3.39. The van der Waals surface area contributed by atoms with Crippen LogP contribution in [0.1, 0.15) is 42.5 Å². The molecule has 27 heavy (non-hydrogen) atoms. The average molecular weight is 374 g/mol. The number of benzene rings is 2. The summed E-state index contributed by atoms with van der Waals surface area (Å²) in [5, 5.41) is 5.80. The topological polar surface area (TPSA) is 50.4 Å². The molecule has 4 nitrogen and oxygen atoms in total. The van der Waals surface area contributed by atoms with E-state index in [1.807, 2.05) is 6.92 Å². The number of para-hydroxylation sites is 2. The lowest BCUT2D eigenvalue weighted by Gasteiger charge is -2.20. The molecular formula is C21H24F2N2O2. The van der Waals surface area contributed by atoms with Crippen LogP contribution in [0.25, 0.3) is 0 Å². The Morgan fingerprint density at radius 3 is 2.63 bits per heavy atom. The summed E-state index contributed by atoms with van der Waals surface area (Å²) in [6.45, 7) is -0.999. The van der Waals surface area contributed by atoms with Gasteiger partial charge in [-0.15, -0.1) is 0 Å². The molecule has 0 heterocycles. The number of amides is 1. The Morgan fingerprint density at radius 1 is 1.11 bits per heavy atom. The van der Waals surface area contributed by atoms with Gasteiger partial charge in [-0.1, -0.05) is 30.3 Å². The largest absolute Gasteiger partial charge is 0.433 e. The van der Waals surface area contributed by atoms with Crippen LogP contribution >= 0.6 is 0 Å². The summed E-state index contributed by atoms with van der Waals surface area (Å²) in [5.41, 5.74) is 4.21. The SMILES string of the molecule is CC(NC(=O)CNc1ccccc1OC(F)F)c1ccc2c(c1)CCCC2. The first-order valence-electron chi connectivity index (χ1n) is 9.21. The van der Waals surface area contributed by atoms with E-state index in [0.717, 1.165) is 18.4 Å². The molecule has 0 aliphatic heterocycles. The van der Waals surface area contributed by atoms with Crippen LogP contribution in [0.4, 0.5) is 14.5 Å². The molecule has 1 atom stereocenters. The molecule has 3 rings (SSSR count). The van der Waals surface area contributed by atoms with Crippen molar-refractivity contribution in [3.63, 3.8) is 0 Å². The first-order valence-corrected chi connectivity index (χ1v) is 9.21. The number of fused-ring (bicyclic) bond motifs is 1. The molecule has 0 fully saturated rings. The zero-order valence-electron chi connectivity index (χ0n) is 15.3. The summed E-state index contributed by atoms with van der Waals surface area (Å²) >= 11 is 0. The van der Waals surface area contributed by atoms with Gasteiger partial charge in [0.25, 0.3) is 0 Å². The quantitative estimate of drug-likeness (QED) is 0.753. The van der Waals surface area contributed by atoms with Crippen LogP contribution in [0.5, 0.6) is 5.75 Å². The number of carbonyl (C=O) groups excluding carboxylic acids is 1. The number of alkyl halides is 2. The van der Waals surface area contributed by atoms with E-state index in [0.29, 0.717) is 5.69 Å². The molecule has 0 radical (unpaired) electrons. The van der Waals surface area contributed by atoms with Crippen LogP contribution in [-0.4, -0.2) is 19.1 Å². The van der Waals surface area contributed by atoms with Crippen molar-refractivity contribution in [3.05, 3.63) is 59.2 Å². The van der Waals surface area contributed by atoms with Gasteiger partial charge < -0.3 is 15.4 Å². The van der Waals surface area contributed by atoms with Crippen molar-refractivity contribution in [2.24, 2.45) is 0 Å². The number of carbonyl (C=O) groups is 1. The third-order valence-electron chi connectivity index (χ3n) is 4.79. The molecule has 2 aromatic rings. The Kier molecular flexibility index (Phi) is 6.27. The molecule has 1 amide bonds. The number of halogens is 2. The Balaban J connectivity index is 1.56. The molecule has 2 N–H and O–H groups in total. The number of aryl methyl sites for hydroxylation is 2. The van der Waals surface area contributed by atoms with Gasteiger partial charge in [0.15, 0.2) is 0 Å². The summed E-state index contributed by atoms with van der Waals surface area (Å²) in [5.74, 6) is -0.199. The first kappa shape index (κ1) is 19.1. The van der Waals surface area contributed by atoms with Crippen molar-refractivity contribution in [2.75, 3.05) is 11.9 Å². The Morgan fingerprint density at radius 2 is 1.85 bits per heavy atom. The molecule has 0 aromatic heterocycles. The summed E-state index contributed by atoms with van der Waals surface area (Å²) in [7, 11) is 0. The molecule has 1 unspecified atom stereocenters. The molecule has 6 heteroatoms. The highest BCUT2D eigenvalue weighted by Crippen LogP contribution is 2.26. The zero-order chi connectivity index (χ0) is 19.2. The average Bonchev–Trinajstić information content (AvgIpc) is 2.66. The van der Waals surface area contributed by atoms with Crippen molar-refractivity contribution in [2.45, 2.75) is 45.3 Å². The zero-order valence-corrected chi connectivity index (χ0v) is 15.3. The molecule has 0 saturated carbocycles. The van der Waals surface area contributed by atoms with E-state index in [1.165, 1.54) is 30.0 Å². The van der Waals surface area contributed by atoms with Gasteiger partial charge >= 0.3 is 6.61 Å². The van der Waals surface area contributed by atoms with E-state index in [1.54, 1.807) is 18.2 Å². The Bertz CT molecular complexity index is 796. The number of anilines is 1. The van der Waals surface area contributed by atoms with Gasteiger partial charge in [-0.05, 0) is 61.4 Å². The maximum absolute atomic E-state index is 12.4. The summed E-state index contributed by atoms with van der Waals surface area (Å²) in [6.07, 6.45) is 4.66. The van der Waals surface area contributed by atoms with Gasteiger partial charge in [-0.2, -0.15) is 8.78 Å². The molecule has 0 bridgehead atoms. The van der Waals surface area contributed by atoms with Gasteiger partial charge in [0, 0.05) is 0 Å². The predicted molar refractivity (Wildman–Crippen MR) is 101 cm³/mol. The van der Waals surface area contributed by atoms with Crippen LogP contribution in [0.3, 0.4) is 0 Å². The number of rotatable bonds is 7. The Hall–Kier alpha value is -2.63. The minimum Gasteiger partial charge on any atom is -0.433 e. The molecule has 1 aliphatic rings. The van der Waals surface area contributed by atoms with Crippen molar-refractivity contribution in [3.8, 4) is 5.75 Å². The van der Waals surface area contributed by atoms with Crippen molar-refractivity contribution in [1.29, 1.82) is 0 Å². The van der Waals surface area contributed by atoms with Crippen LogP contribution in [0.15, 0.2) is 42.5 Å². The minimum absolute atomic E-state index is 0.0167. The van der Waals surface area contributed by atoms with E-state index in [-0.39, 0.29) is 24.2 Å². The van der Waals surface area contributed by atoms with Crippen LogP contribution in [0.2, 0.25) is 0 Å². The van der Waals surface area contributed by atoms with E-state index in [2.05, 4.69) is 33.6 Å². The van der Waals surface area contributed by atoms with Crippen molar-refractivity contribution >= 4 is 11.6 Å². The number of ether oxygens (including phenoxy) is 1. The predicted octanol–water partition coefficient (Wildman–Crippen LogP) is 4.46. The van der Waals surface area contributed by atoms with Crippen molar-refractivity contribution < 1.29 is 18.3 Å². The smallest absolute Gasteiger partial charge is 0.387 e. The number of hydrogen-bond donors (Lipinski definition) is 2. The van der Waals surface area contributed by atoms with Gasteiger partial charge in [0.1, 0.15) is 5.75 Å². The van der Waals surface area contributed by atoms with Gasteiger partial charge in [0.05, 0.1) is 18.3 Å². The second kappa shape index (κ2) is 8.84. The number of hydrogen-bond acceptors (Lipinski definition) is 3. The molecule has 144 valence electrons. The standard InChI is InChI=1S/C21H24F2N2O2/c1-14(16-11-10-15-6-2-3-7-17(15)12-16)25-20(26)13-24-18-8-4-5-9-19(18)27-21(22)23/h4-5,8-12,14,21,24H,2-3,6-7,13H2,1H3,(H,25,26). The first-order chi connectivity index (χ1) is 13.0. The monoisotopic (exact) mass is 374 g/mol. The fourth-order valence-corrected chi connectivity index (χ4v) is 3.39. The highest BCUT2D eigenvalue weighted by molar-refractivity contribution is 5.81. The summed E-state index contributed by atoms with van der Waals surface area (Å²) in [6, 6.07) is 12.6. The lowest BCUT2D eigenvalue weighted by atomic mass is 9.89. The van der Waals surface area contributed by atoms with Crippen molar-refractivity contribution in [1.82, 2.24) is 5.32 Å². The third-order valence-corrected chi connectivity index (χ3v) is 4.79. The Labute approximate surface area is 157 Å². The normalized spacial score (nSPS) is 14.4. The summed E-state index contributed by atoms with van der Waals surface area (Å²) < 4.78 is 29.4. The molecule has 2 aromatic carbocycles. The van der Waals surface area contributed by atoms with Crippen LogP contribution in [0, 0.1) is 0 Å². The van der Waals surface area contributed by atoms with Gasteiger partial charge in [-0.25, -0.2) is 0 Å². The summed E-state index contributed by atoms with van der Waals surface area (Å²) in [4.78, 5) is 12.3. The van der Waals surface area contributed by atoms with Gasteiger partial charge in [0.2, 0.25) is 5.91 Å². The second-order valence-corrected chi connectivity index (χ2v) is 6.75. The molecular weight excluding hydrogens is 350 g/mol. The van der Waals surface area contributed by atoms with E-state index < -0.39 is 6.61 Å². The lowest BCUT2D eigenvalue weighted by molar-refractivity contribution is -0.120. The maximum Gasteiger partial charge on any atom is 0.387 e. The fraction of sp³-hybridized carbons (Fsp3) is 0.381.